The normalized spacial score (nSPS) is 23.6. The topological polar surface area (TPSA) is 94.3 Å². The van der Waals surface area contributed by atoms with Gasteiger partial charge in [-0.15, -0.1) is 0 Å². The lowest BCUT2D eigenvalue weighted by atomic mass is 9.61. The molecule has 45 heavy (non-hydrogen) atoms. The van der Waals surface area contributed by atoms with Crippen molar-refractivity contribution < 1.29 is 23.8 Å². The number of likely N-dealkylation sites (tertiary alicyclic amines) is 2. The first-order valence-electron chi connectivity index (χ1n) is 15.2. The third-order valence-corrected chi connectivity index (χ3v) is 10.4. The SMILES string of the molecule is CCCN1CCC(C(N)=O)(c2ccccc2)CC1C1(c2ccc(Cl)c(Cl)c2)CC(=O)N(Cc2cc(OC)c(OC)c(OC)c2)C1. The quantitative estimate of drug-likeness (QED) is 0.273. The van der Waals surface area contributed by atoms with Crippen LogP contribution in [0.4, 0.5) is 0 Å². The summed E-state index contributed by atoms with van der Waals surface area (Å²) < 4.78 is 16.7. The first-order chi connectivity index (χ1) is 21.6. The molecule has 2 heterocycles. The van der Waals surface area contributed by atoms with E-state index >= 15 is 0 Å². The Morgan fingerprint density at radius 2 is 1.64 bits per heavy atom. The van der Waals surface area contributed by atoms with Crippen LogP contribution < -0.4 is 19.9 Å². The molecule has 5 rings (SSSR count). The van der Waals surface area contributed by atoms with Gasteiger partial charge in [0.1, 0.15) is 0 Å². The standard InChI is InChI=1S/C35H41Cl2N3O5/c1-5-14-39-15-13-34(33(38)42,24-9-7-6-8-10-24)19-30(39)35(25-11-12-26(36)27(37)18-25)20-31(41)40(22-35)21-23-16-28(43-2)32(45-4)29(17-23)44-3/h6-12,16-18,30H,5,13-15,19-22H2,1-4H3,(H2,38,42). The molecule has 2 aliphatic heterocycles. The van der Waals surface area contributed by atoms with Crippen molar-refractivity contribution in [2.45, 2.75) is 56.0 Å². The van der Waals surface area contributed by atoms with Crippen molar-refractivity contribution in [3.05, 3.63) is 87.4 Å². The van der Waals surface area contributed by atoms with Crippen LogP contribution in [0.1, 0.15) is 49.3 Å². The lowest BCUT2D eigenvalue weighted by molar-refractivity contribution is -0.128. The van der Waals surface area contributed by atoms with Crippen LogP contribution in [0, 0.1) is 0 Å². The highest BCUT2D eigenvalue weighted by atomic mass is 35.5. The van der Waals surface area contributed by atoms with Crippen LogP contribution in [0.25, 0.3) is 0 Å². The molecule has 2 fully saturated rings. The van der Waals surface area contributed by atoms with Gasteiger partial charge in [0.2, 0.25) is 17.6 Å². The monoisotopic (exact) mass is 653 g/mol. The fourth-order valence-corrected chi connectivity index (χ4v) is 7.71. The maximum atomic E-state index is 14.1. The van der Waals surface area contributed by atoms with Crippen LogP contribution in [-0.4, -0.2) is 68.6 Å². The number of nitrogens with two attached hydrogens (primary N) is 1. The molecule has 2 aliphatic rings. The number of piperidine rings is 1. The van der Waals surface area contributed by atoms with Crippen LogP contribution in [0.5, 0.6) is 17.2 Å². The van der Waals surface area contributed by atoms with Crippen molar-refractivity contribution >= 4 is 35.0 Å². The highest BCUT2D eigenvalue weighted by molar-refractivity contribution is 6.42. The predicted octanol–water partition coefficient (Wildman–Crippen LogP) is 5.99. The van der Waals surface area contributed by atoms with Crippen molar-refractivity contribution in [1.29, 1.82) is 0 Å². The maximum absolute atomic E-state index is 14.1. The predicted molar refractivity (Wildman–Crippen MR) is 176 cm³/mol. The van der Waals surface area contributed by atoms with Crippen molar-refractivity contribution in [2.24, 2.45) is 5.73 Å². The zero-order valence-corrected chi connectivity index (χ0v) is 27.8. The maximum Gasteiger partial charge on any atom is 0.228 e. The van der Waals surface area contributed by atoms with Crippen molar-refractivity contribution in [3.63, 3.8) is 0 Å². The van der Waals surface area contributed by atoms with Crippen molar-refractivity contribution in [3.8, 4) is 17.2 Å². The van der Waals surface area contributed by atoms with Gasteiger partial charge in [0, 0.05) is 31.0 Å². The number of carbonyl (C=O) groups excluding carboxylic acids is 2. The zero-order chi connectivity index (χ0) is 32.4. The van der Waals surface area contributed by atoms with Gasteiger partial charge >= 0.3 is 0 Å². The highest BCUT2D eigenvalue weighted by Crippen LogP contribution is 2.50. The molecule has 240 valence electrons. The van der Waals surface area contributed by atoms with E-state index in [-0.39, 0.29) is 24.3 Å². The lowest BCUT2D eigenvalue weighted by Crippen LogP contribution is -2.61. The van der Waals surface area contributed by atoms with Gasteiger partial charge in [0.15, 0.2) is 11.5 Å². The molecule has 3 atom stereocenters. The lowest BCUT2D eigenvalue weighted by Gasteiger charge is -2.52. The van der Waals surface area contributed by atoms with Gasteiger partial charge < -0.3 is 24.8 Å². The molecule has 0 aromatic heterocycles. The second kappa shape index (κ2) is 13.5. The van der Waals surface area contributed by atoms with E-state index in [0.717, 1.165) is 29.7 Å². The van der Waals surface area contributed by atoms with E-state index in [9.17, 15) is 9.59 Å². The number of rotatable bonds is 11. The Balaban J connectivity index is 1.62. The second-order valence-corrected chi connectivity index (χ2v) is 12.9. The zero-order valence-electron chi connectivity index (χ0n) is 26.3. The van der Waals surface area contributed by atoms with Gasteiger partial charge in [0.05, 0.1) is 36.8 Å². The number of hydrogen-bond donors (Lipinski definition) is 1. The Hall–Kier alpha value is -3.46. The first kappa shape index (κ1) is 32.9. The number of carbonyl (C=O) groups is 2. The number of primary amides is 1. The van der Waals surface area contributed by atoms with Crippen molar-refractivity contribution in [1.82, 2.24) is 9.80 Å². The van der Waals surface area contributed by atoms with E-state index in [2.05, 4.69) is 11.8 Å². The largest absolute Gasteiger partial charge is 0.493 e. The summed E-state index contributed by atoms with van der Waals surface area (Å²) in [5, 5.41) is 0.866. The number of benzene rings is 3. The summed E-state index contributed by atoms with van der Waals surface area (Å²) in [6.45, 7) is 4.37. The fraction of sp³-hybridized carbons (Fsp3) is 0.429. The molecule has 3 aromatic carbocycles. The van der Waals surface area contributed by atoms with E-state index in [4.69, 9.17) is 43.1 Å². The summed E-state index contributed by atoms with van der Waals surface area (Å²) in [5.74, 6) is 1.18. The molecule has 3 aromatic rings. The third kappa shape index (κ3) is 6.08. The molecule has 10 heteroatoms. The van der Waals surface area contributed by atoms with E-state index in [1.165, 1.54) is 0 Å². The minimum atomic E-state index is -0.882. The van der Waals surface area contributed by atoms with E-state index in [0.29, 0.717) is 59.8 Å². The first-order valence-corrected chi connectivity index (χ1v) is 16.0. The minimum Gasteiger partial charge on any atom is -0.493 e. The fourth-order valence-electron chi connectivity index (χ4n) is 7.41. The Labute approximate surface area is 275 Å². The smallest absolute Gasteiger partial charge is 0.228 e. The minimum absolute atomic E-state index is 0.00114. The highest BCUT2D eigenvalue weighted by Gasteiger charge is 2.57. The third-order valence-electron chi connectivity index (χ3n) is 9.64. The Kier molecular flexibility index (Phi) is 9.87. The van der Waals surface area contributed by atoms with E-state index in [1.54, 1.807) is 27.4 Å². The molecule has 2 N–H and O–H groups in total. The molecule has 0 radical (unpaired) electrons. The number of methoxy groups -OCH3 is 3. The summed E-state index contributed by atoms with van der Waals surface area (Å²) in [6, 6.07) is 19.0. The summed E-state index contributed by atoms with van der Waals surface area (Å²) in [6.07, 6.45) is 2.23. The van der Waals surface area contributed by atoms with Crippen LogP contribution >= 0.6 is 23.2 Å². The molecule has 0 saturated carbocycles. The van der Waals surface area contributed by atoms with Gasteiger partial charge in [-0.2, -0.15) is 0 Å². The van der Waals surface area contributed by atoms with Gasteiger partial charge in [0.25, 0.3) is 0 Å². The van der Waals surface area contributed by atoms with Gasteiger partial charge in [-0.3, -0.25) is 14.5 Å². The van der Waals surface area contributed by atoms with Crippen LogP contribution in [0.3, 0.4) is 0 Å². The van der Waals surface area contributed by atoms with Crippen LogP contribution in [-0.2, 0) is 27.0 Å². The molecule has 2 amide bonds. The van der Waals surface area contributed by atoms with Gasteiger partial charge in [-0.25, -0.2) is 0 Å². The van der Waals surface area contributed by atoms with Crippen LogP contribution in [0.15, 0.2) is 60.7 Å². The number of hydrogen-bond acceptors (Lipinski definition) is 6. The molecular weight excluding hydrogens is 613 g/mol. The van der Waals surface area contributed by atoms with Gasteiger partial charge in [-0.1, -0.05) is 66.5 Å². The Morgan fingerprint density at radius 1 is 0.956 bits per heavy atom. The van der Waals surface area contributed by atoms with Gasteiger partial charge in [-0.05, 0) is 73.3 Å². The molecule has 0 aliphatic carbocycles. The summed E-state index contributed by atoms with van der Waals surface area (Å²) >= 11 is 13.0. The molecule has 0 spiro atoms. The molecule has 8 nitrogen and oxygen atoms in total. The number of nitrogens with zero attached hydrogens (tertiary/aromatic N) is 2. The molecule has 0 bridgehead atoms. The average molecular weight is 655 g/mol. The number of ether oxygens (including phenoxy) is 3. The van der Waals surface area contributed by atoms with Crippen LogP contribution in [0.2, 0.25) is 10.0 Å². The number of halogens is 2. The molecule has 2 saturated heterocycles. The molecular formula is C35H41Cl2N3O5. The van der Waals surface area contributed by atoms with E-state index in [1.807, 2.05) is 59.5 Å². The average Bonchev–Trinajstić information content (AvgIpc) is 3.38. The number of amides is 2. The Bertz CT molecular complexity index is 1530. The second-order valence-electron chi connectivity index (χ2n) is 12.1. The van der Waals surface area contributed by atoms with E-state index < -0.39 is 10.8 Å². The summed E-state index contributed by atoms with van der Waals surface area (Å²) in [4.78, 5) is 31.8. The summed E-state index contributed by atoms with van der Waals surface area (Å²) in [7, 11) is 4.70. The molecule has 3 unspecified atom stereocenters. The Morgan fingerprint density at radius 3 is 2.22 bits per heavy atom. The summed E-state index contributed by atoms with van der Waals surface area (Å²) in [5.41, 5.74) is 7.35. The van der Waals surface area contributed by atoms with Crippen molar-refractivity contribution in [2.75, 3.05) is 41.0 Å².